The predicted octanol–water partition coefficient (Wildman–Crippen LogP) is 3.18. The number of rotatable bonds is 8. The van der Waals surface area contributed by atoms with Gasteiger partial charge in [-0.3, -0.25) is 15.5 Å². The molecule has 3 aliphatic heterocycles. The average Bonchev–Trinajstić information content (AvgIpc) is 3.03. The zero-order valence-corrected chi connectivity index (χ0v) is 25.5. The van der Waals surface area contributed by atoms with Crippen molar-refractivity contribution in [3.8, 4) is 5.88 Å². The van der Waals surface area contributed by atoms with E-state index >= 15 is 4.39 Å². The lowest BCUT2D eigenvalue weighted by Crippen LogP contribution is -2.55. The van der Waals surface area contributed by atoms with Crippen molar-refractivity contribution < 1.29 is 28.2 Å². The van der Waals surface area contributed by atoms with Crippen LogP contribution in [0, 0.1) is 5.92 Å². The molecule has 3 saturated heterocycles. The van der Waals surface area contributed by atoms with Gasteiger partial charge in [0.25, 0.3) is 0 Å². The molecule has 44 heavy (non-hydrogen) atoms. The molecule has 0 bridgehead atoms. The van der Waals surface area contributed by atoms with Crippen LogP contribution >= 0.6 is 0 Å². The first kappa shape index (κ1) is 31.6. The maximum absolute atomic E-state index is 15.0. The van der Waals surface area contributed by atoms with Gasteiger partial charge in [-0.15, -0.1) is 0 Å². The van der Waals surface area contributed by atoms with Gasteiger partial charge in [0, 0.05) is 64.6 Å². The van der Waals surface area contributed by atoms with Gasteiger partial charge in [0.2, 0.25) is 11.8 Å². The number of hydrogen-bond donors (Lipinski definition) is 2. The molecule has 4 atom stereocenters. The minimum Gasteiger partial charge on any atom is -0.477 e. The van der Waals surface area contributed by atoms with Crippen molar-refractivity contribution >= 4 is 29.7 Å². The summed E-state index contributed by atoms with van der Waals surface area (Å²) in [5.74, 6) is 1.38. The minimum absolute atomic E-state index is 0.164. The van der Waals surface area contributed by atoms with Gasteiger partial charge in [-0.25, -0.2) is 28.9 Å². The second-order valence-corrected chi connectivity index (χ2v) is 11.4. The Bertz CT molecular complexity index is 1250. The smallest absolute Gasteiger partial charge is 0.413 e. The first-order valence-electron chi connectivity index (χ1n) is 15.3. The molecular weight excluding hydrogens is 573 g/mol. The molecule has 2 N–H and O–H groups in total. The van der Waals surface area contributed by atoms with Crippen molar-refractivity contribution in [3.63, 3.8) is 0 Å². The van der Waals surface area contributed by atoms with E-state index < -0.39 is 24.3 Å². The van der Waals surface area contributed by atoms with Gasteiger partial charge in [0.15, 0.2) is 5.82 Å². The first-order chi connectivity index (χ1) is 21.3. The highest BCUT2D eigenvalue weighted by Gasteiger charge is 2.36. The molecule has 0 unspecified atom stereocenters. The van der Waals surface area contributed by atoms with Crippen LogP contribution in [0.5, 0.6) is 5.88 Å². The second kappa shape index (κ2) is 14.8. The SMILES string of the molecule is CCOc1cnc(NC(=O)N(C)[C@H]2CN(c3nccc(NC(=O)O[C@@H]4CCN(C5CCOCC5)C[C@@H]4C)n3)CC[C@H]2F)cn1. The van der Waals surface area contributed by atoms with Crippen LogP contribution in [0.4, 0.5) is 31.6 Å². The Hall–Kier alpha value is -3.85. The van der Waals surface area contributed by atoms with E-state index in [1.54, 1.807) is 11.0 Å². The Morgan fingerprint density at radius 3 is 2.61 bits per heavy atom. The van der Waals surface area contributed by atoms with Crippen molar-refractivity contribution in [2.45, 2.75) is 63.9 Å². The number of urea groups is 1. The Kier molecular flexibility index (Phi) is 10.6. The maximum Gasteiger partial charge on any atom is 0.413 e. The summed E-state index contributed by atoms with van der Waals surface area (Å²) in [4.78, 5) is 48.3. The Labute approximate surface area is 256 Å². The van der Waals surface area contributed by atoms with Crippen molar-refractivity contribution in [2.75, 3.05) is 68.6 Å². The molecule has 0 aromatic carbocycles. The topological polar surface area (TPSA) is 147 Å². The summed E-state index contributed by atoms with van der Waals surface area (Å²) >= 11 is 0. The van der Waals surface area contributed by atoms with Crippen molar-refractivity contribution in [2.24, 2.45) is 5.92 Å². The molecule has 0 aliphatic carbocycles. The van der Waals surface area contributed by atoms with E-state index in [1.807, 2.05) is 6.92 Å². The molecule has 5 heterocycles. The molecule has 15 heteroatoms. The van der Waals surface area contributed by atoms with Crippen LogP contribution in [0.2, 0.25) is 0 Å². The Morgan fingerprint density at radius 2 is 1.89 bits per heavy atom. The number of carbonyl (C=O) groups is 2. The average molecular weight is 616 g/mol. The van der Waals surface area contributed by atoms with Crippen LogP contribution in [-0.2, 0) is 9.47 Å². The molecule has 240 valence electrons. The molecular formula is C29H42FN9O5. The van der Waals surface area contributed by atoms with Crippen molar-refractivity contribution in [1.82, 2.24) is 29.7 Å². The van der Waals surface area contributed by atoms with Crippen molar-refractivity contribution in [3.05, 3.63) is 24.7 Å². The van der Waals surface area contributed by atoms with Crippen LogP contribution < -0.4 is 20.3 Å². The first-order valence-corrected chi connectivity index (χ1v) is 15.3. The third-order valence-electron chi connectivity index (χ3n) is 8.45. The van der Waals surface area contributed by atoms with Crippen LogP contribution in [-0.4, -0.2) is 119 Å². The van der Waals surface area contributed by atoms with Gasteiger partial charge in [-0.2, -0.15) is 4.98 Å². The van der Waals surface area contributed by atoms with E-state index in [0.29, 0.717) is 31.0 Å². The van der Waals surface area contributed by atoms with Crippen LogP contribution in [0.25, 0.3) is 0 Å². The number of likely N-dealkylation sites (tertiary alicyclic amines) is 1. The molecule has 0 saturated carbocycles. The predicted molar refractivity (Wildman–Crippen MR) is 161 cm³/mol. The summed E-state index contributed by atoms with van der Waals surface area (Å²) in [6.45, 7) is 8.28. The largest absolute Gasteiger partial charge is 0.477 e. The lowest BCUT2D eigenvalue weighted by Gasteiger charge is -2.41. The number of alkyl halides is 1. The highest BCUT2D eigenvalue weighted by atomic mass is 19.1. The third-order valence-corrected chi connectivity index (χ3v) is 8.45. The lowest BCUT2D eigenvalue weighted by molar-refractivity contribution is -0.0212. The van der Waals surface area contributed by atoms with Gasteiger partial charge in [0.1, 0.15) is 18.1 Å². The Balaban J connectivity index is 1.13. The molecule has 2 aromatic rings. The number of nitrogens with zero attached hydrogens (tertiary/aromatic N) is 7. The lowest BCUT2D eigenvalue weighted by atomic mass is 9.93. The number of anilines is 3. The summed E-state index contributed by atoms with van der Waals surface area (Å²) in [7, 11) is 1.53. The zero-order valence-electron chi connectivity index (χ0n) is 25.5. The molecule has 5 rings (SSSR count). The summed E-state index contributed by atoms with van der Waals surface area (Å²) in [6, 6.07) is 0.825. The molecule has 3 fully saturated rings. The fraction of sp³-hybridized carbons (Fsp3) is 0.655. The van der Waals surface area contributed by atoms with Gasteiger partial charge < -0.3 is 24.0 Å². The number of ether oxygens (including phenoxy) is 3. The third kappa shape index (κ3) is 8.00. The van der Waals surface area contributed by atoms with Gasteiger partial charge in [-0.05, 0) is 38.7 Å². The zero-order chi connectivity index (χ0) is 31.1. The van der Waals surface area contributed by atoms with E-state index in [4.69, 9.17) is 14.2 Å². The molecule has 3 amide bonds. The second-order valence-electron chi connectivity index (χ2n) is 11.4. The quantitative estimate of drug-likeness (QED) is 0.451. The van der Waals surface area contributed by atoms with E-state index in [2.05, 4.69) is 42.4 Å². The van der Waals surface area contributed by atoms with Crippen molar-refractivity contribution in [1.29, 1.82) is 0 Å². The highest BCUT2D eigenvalue weighted by molar-refractivity contribution is 5.88. The van der Waals surface area contributed by atoms with Gasteiger partial charge in [0.05, 0.1) is 25.0 Å². The fourth-order valence-electron chi connectivity index (χ4n) is 5.96. The molecule has 0 radical (unpaired) electrons. The number of likely N-dealkylation sites (N-methyl/N-ethyl adjacent to an activating group) is 1. The standard InChI is InChI=1S/C29H42FN9O5/c1-4-43-26-16-32-25(15-33-26)35-28(40)37(3)22-18-39(11-6-21(22)30)27-31-10-5-24(34-27)36-29(41)44-23-7-12-38(17-19(23)2)20-8-13-42-14-9-20/h5,10,15-16,19-23H,4,6-9,11-14,17-18H2,1-3H3,(H,32,35,40)(H,31,34,36,41)/t19-,21+,22-,23+/m0/s1. The fourth-order valence-corrected chi connectivity index (χ4v) is 5.96. The van der Waals surface area contributed by atoms with Gasteiger partial charge >= 0.3 is 12.1 Å². The van der Waals surface area contributed by atoms with E-state index in [9.17, 15) is 9.59 Å². The molecule has 2 aromatic heterocycles. The molecule has 3 aliphatic rings. The maximum atomic E-state index is 15.0. The number of hydrogen-bond acceptors (Lipinski definition) is 11. The van der Waals surface area contributed by atoms with E-state index in [0.717, 1.165) is 45.6 Å². The van der Waals surface area contributed by atoms with Gasteiger partial charge in [-0.1, -0.05) is 6.92 Å². The van der Waals surface area contributed by atoms with E-state index in [-0.39, 0.29) is 36.6 Å². The van der Waals surface area contributed by atoms with E-state index in [1.165, 1.54) is 30.5 Å². The summed E-state index contributed by atoms with van der Waals surface area (Å²) in [6.07, 6.45) is 5.35. The van der Waals surface area contributed by atoms with Crippen LogP contribution in [0.3, 0.4) is 0 Å². The van der Waals surface area contributed by atoms with Crippen LogP contribution in [0.1, 0.15) is 39.5 Å². The summed E-state index contributed by atoms with van der Waals surface area (Å²) < 4.78 is 31.6. The molecule has 14 nitrogen and oxygen atoms in total. The number of amides is 3. The Morgan fingerprint density at radius 1 is 1.07 bits per heavy atom. The monoisotopic (exact) mass is 615 g/mol. The van der Waals surface area contributed by atoms with Crippen LogP contribution in [0.15, 0.2) is 24.7 Å². The number of piperidine rings is 2. The minimum atomic E-state index is -1.25. The number of halogens is 1. The number of nitrogens with one attached hydrogen (secondary N) is 2. The number of aromatic nitrogens is 4. The molecule has 0 spiro atoms. The highest BCUT2D eigenvalue weighted by Crippen LogP contribution is 2.26. The normalized spacial score (nSPS) is 24.8. The summed E-state index contributed by atoms with van der Waals surface area (Å²) in [5, 5.41) is 5.37. The summed E-state index contributed by atoms with van der Waals surface area (Å²) in [5.41, 5.74) is 0. The number of carbonyl (C=O) groups excluding carboxylic acids is 2.